The number of thiazole rings is 1. The van der Waals surface area contributed by atoms with Gasteiger partial charge in [0.2, 0.25) is 0 Å². The number of aromatic nitrogens is 1. The van der Waals surface area contributed by atoms with E-state index in [1.807, 2.05) is 0 Å². The number of rotatable bonds is 2. The van der Waals surface area contributed by atoms with Crippen LogP contribution in [-0.4, -0.2) is 16.1 Å². The van der Waals surface area contributed by atoms with E-state index in [4.69, 9.17) is 10.8 Å². The second-order valence-electron chi connectivity index (χ2n) is 3.29. The van der Waals surface area contributed by atoms with Gasteiger partial charge in [-0.2, -0.15) is 0 Å². The Kier molecular flexibility index (Phi) is 2.95. The number of anilines is 1. The van der Waals surface area contributed by atoms with Gasteiger partial charge in [0.05, 0.1) is 0 Å². The smallest absolute Gasteiger partial charge is 0.357 e. The number of nitrogen functional groups attached to an aromatic ring is 1. The van der Waals surface area contributed by atoms with Gasteiger partial charge < -0.3 is 10.8 Å². The van der Waals surface area contributed by atoms with Crippen molar-refractivity contribution >= 4 is 22.3 Å². The molecule has 0 radical (unpaired) electrons. The van der Waals surface area contributed by atoms with Gasteiger partial charge in [-0.15, -0.1) is 0 Å². The number of benzene rings is 1. The van der Waals surface area contributed by atoms with Crippen molar-refractivity contribution in [1.82, 2.24) is 4.98 Å². The normalized spacial score (nSPS) is 10.6. The van der Waals surface area contributed by atoms with Gasteiger partial charge in [0.25, 0.3) is 0 Å². The van der Waals surface area contributed by atoms with Crippen LogP contribution in [0.15, 0.2) is 12.1 Å². The summed E-state index contributed by atoms with van der Waals surface area (Å²) in [7, 11) is 0. The van der Waals surface area contributed by atoms with Crippen molar-refractivity contribution in [2.75, 3.05) is 5.73 Å². The maximum atomic E-state index is 13.0. The number of aromatic carboxylic acids is 1. The van der Waals surface area contributed by atoms with Crippen molar-refractivity contribution in [3.8, 4) is 10.6 Å². The van der Waals surface area contributed by atoms with Crippen LogP contribution in [0.5, 0.6) is 0 Å². The SMILES string of the molecule is Nc1sc(-c2cc(F)c(F)c(F)c2)nc1C(=O)O. The van der Waals surface area contributed by atoms with Gasteiger partial charge in [0, 0.05) is 5.56 Å². The molecular weight excluding hydrogens is 269 g/mol. The van der Waals surface area contributed by atoms with Gasteiger partial charge in [0.15, 0.2) is 23.1 Å². The van der Waals surface area contributed by atoms with Gasteiger partial charge in [-0.1, -0.05) is 11.3 Å². The molecule has 1 aromatic heterocycles. The molecule has 18 heavy (non-hydrogen) atoms. The van der Waals surface area contributed by atoms with E-state index in [2.05, 4.69) is 4.98 Å². The molecule has 3 N–H and O–H groups in total. The van der Waals surface area contributed by atoms with E-state index < -0.39 is 29.1 Å². The Hall–Kier alpha value is -2.09. The Morgan fingerprint density at radius 3 is 2.28 bits per heavy atom. The van der Waals surface area contributed by atoms with Gasteiger partial charge in [0.1, 0.15) is 10.0 Å². The summed E-state index contributed by atoms with van der Waals surface area (Å²) in [5, 5.41) is 8.64. The first-order valence-electron chi connectivity index (χ1n) is 4.54. The topological polar surface area (TPSA) is 76.2 Å². The van der Waals surface area contributed by atoms with Crippen molar-refractivity contribution in [3.63, 3.8) is 0 Å². The molecule has 0 amide bonds. The molecular formula is C10H5F3N2O2S. The van der Waals surface area contributed by atoms with Crippen LogP contribution in [0.4, 0.5) is 18.2 Å². The number of hydrogen-bond donors (Lipinski definition) is 2. The third kappa shape index (κ3) is 2.02. The molecule has 2 aromatic rings. The van der Waals surface area contributed by atoms with Crippen LogP contribution in [0.25, 0.3) is 10.6 Å². The fourth-order valence-corrected chi connectivity index (χ4v) is 2.10. The Morgan fingerprint density at radius 2 is 1.83 bits per heavy atom. The van der Waals surface area contributed by atoms with Crippen LogP contribution < -0.4 is 5.73 Å². The molecule has 0 fully saturated rings. The molecule has 8 heteroatoms. The number of nitrogens with two attached hydrogens (primary N) is 1. The molecule has 0 atom stereocenters. The molecule has 4 nitrogen and oxygen atoms in total. The fourth-order valence-electron chi connectivity index (χ4n) is 1.29. The minimum Gasteiger partial charge on any atom is -0.476 e. The lowest BCUT2D eigenvalue weighted by atomic mass is 10.2. The predicted octanol–water partition coefficient (Wildman–Crippen LogP) is 2.51. The number of carbonyl (C=O) groups is 1. The van der Waals surface area contributed by atoms with E-state index in [1.54, 1.807) is 0 Å². The Balaban J connectivity index is 2.56. The lowest BCUT2D eigenvalue weighted by molar-refractivity contribution is 0.0692. The van der Waals surface area contributed by atoms with Crippen LogP contribution in [-0.2, 0) is 0 Å². The van der Waals surface area contributed by atoms with E-state index in [-0.39, 0.29) is 15.6 Å². The van der Waals surface area contributed by atoms with Crippen molar-refractivity contribution < 1.29 is 23.1 Å². The van der Waals surface area contributed by atoms with E-state index in [0.29, 0.717) is 0 Å². The van der Waals surface area contributed by atoms with Crippen molar-refractivity contribution in [1.29, 1.82) is 0 Å². The first kappa shape index (κ1) is 12.4. The zero-order valence-electron chi connectivity index (χ0n) is 8.58. The second-order valence-corrected chi connectivity index (χ2v) is 4.32. The van der Waals surface area contributed by atoms with E-state index in [0.717, 1.165) is 23.5 Å². The van der Waals surface area contributed by atoms with Crippen LogP contribution >= 0.6 is 11.3 Å². The summed E-state index contributed by atoms with van der Waals surface area (Å²) in [6.07, 6.45) is 0. The summed E-state index contributed by atoms with van der Waals surface area (Å²) in [5.74, 6) is -5.70. The standard InChI is InChI=1S/C10H5F3N2O2S/c11-4-1-3(2-5(12)6(4)13)9-15-7(10(16)17)8(14)18-9/h1-2H,14H2,(H,16,17). The van der Waals surface area contributed by atoms with E-state index in [9.17, 15) is 18.0 Å². The summed E-state index contributed by atoms with van der Waals surface area (Å²) >= 11 is 0.749. The maximum Gasteiger partial charge on any atom is 0.357 e. The van der Waals surface area contributed by atoms with Crippen LogP contribution in [0.2, 0.25) is 0 Å². The molecule has 0 saturated carbocycles. The Morgan fingerprint density at radius 1 is 1.28 bits per heavy atom. The highest BCUT2D eigenvalue weighted by Gasteiger charge is 2.18. The van der Waals surface area contributed by atoms with Crippen LogP contribution in [0.1, 0.15) is 10.5 Å². The third-order valence-electron chi connectivity index (χ3n) is 2.09. The highest BCUT2D eigenvalue weighted by atomic mass is 32.1. The first-order valence-corrected chi connectivity index (χ1v) is 5.36. The zero-order chi connectivity index (χ0) is 13.4. The molecule has 0 saturated heterocycles. The average molecular weight is 274 g/mol. The highest BCUT2D eigenvalue weighted by Crippen LogP contribution is 2.31. The number of nitrogens with zero attached hydrogens (tertiary/aromatic N) is 1. The number of halogens is 3. The number of carboxylic acid groups (broad SMARTS) is 1. The Bertz CT molecular complexity index is 619. The predicted molar refractivity (Wildman–Crippen MR) is 58.8 cm³/mol. The molecule has 1 aromatic carbocycles. The monoisotopic (exact) mass is 274 g/mol. The van der Waals surface area contributed by atoms with Gasteiger partial charge >= 0.3 is 5.97 Å². The van der Waals surface area contributed by atoms with E-state index in [1.165, 1.54) is 0 Å². The minimum absolute atomic E-state index is 0.00250. The summed E-state index contributed by atoms with van der Waals surface area (Å²) < 4.78 is 38.8. The third-order valence-corrected chi connectivity index (χ3v) is 3.02. The molecule has 0 bridgehead atoms. The molecule has 0 aliphatic heterocycles. The summed E-state index contributed by atoms with van der Waals surface area (Å²) in [6, 6.07) is 1.45. The lowest BCUT2D eigenvalue weighted by Gasteiger charge is -1.99. The number of hydrogen-bond acceptors (Lipinski definition) is 4. The van der Waals surface area contributed by atoms with Crippen molar-refractivity contribution in [2.45, 2.75) is 0 Å². The van der Waals surface area contributed by atoms with Crippen LogP contribution in [0, 0.1) is 17.5 Å². The fraction of sp³-hybridized carbons (Fsp3) is 0. The quantitative estimate of drug-likeness (QED) is 0.825. The summed E-state index contributed by atoms with van der Waals surface area (Å²) in [6.45, 7) is 0. The van der Waals surface area contributed by atoms with Gasteiger partial charge in [-0.05, 0) is 12.1 Å². The van der Waals surface area contributed by atoms with Crippen molar-refractivity contribution in [3.05, 3.63) is 35.3 Å². The molecule has 0 aliphatic carbocycles. The van der Waals surface area contributed by atoms with Crippen molar-refractivity contribution in [2.24, 2.45) is 0 Å². The average Bonchev–Trinajstić information content (AvgIpc) is 2.67. The van der Waals surface area contributed by atoms with E-state index >= 15 is 0 Å². The molecule has 1 heterocycles. The first-order chi connectivity index (χ1) is 8.40. The van der Waals surface area contributed by atoms with Crippen LogP contribution in [0.3, 0.4) is 0 Å². The summed E-state index contributed by atoms with van der Waals surface area (Å²) in [4.78, 5) is 14.3. The molecule has 0 spiro atoms. The number of carboxylic acids is 1. The zero-order valence-corrected chi connectivity index (χ0v) is 9.39. The minimum atomic E-state index is -1.60. The molecule has 0 unspecified atom stereocenters. The maximum absolute atomic E-state index is 13.0. The van der Waals surface area contributed by atoms with Gasteiger partial charge in [-0.3, -0.25) is 0 Å². The molecule has 2 rings (SSSR count). The Labute approximate surface area is 103 Å². The lowest BCUT2D eigenvalue weighted by Crippen LogP contribution is -2.00. The largest absolute Gasteiger partial charge is 0.476 e. The highest BCUT2D eigenvalue weighted by molar-refractivity contribution is 7.19. The summed E-state index contributed by atoms with van der Waals surface area (Å²) in [5.41, 5.74) is 4.92. The second kappa shape index (κ2) is 4.30. The molecule has 0 aliphatic rings. The molecule has 94 valence electrons. The van der Waals surface area contributed by atoms with Gasteiger partial charge in [-0.25, -0.2) is 22.9 Å².